The average molecular weight is 381 g/mol. The van der Waals surface area contributed by atoms with E-state index in [0.29, 0.717) is 6.07 Å². The Hall–Kier alpha value is -0.370. The van der Waals surface area contributed by atoms with E-state index in [1.807, 2.05) is 0 Å². The third-order valence-electron chi connectivity index (χ3n) is 2.05. The van der Waals surface area contributed by atoms with Gasteiger partial charge in [-0.2, -0.15) is 13.2 Å². The van der Waals surface area contributed by atoms with Gasteiger partial charge in [-0.05, 0) is 19.1 Å². The van der Waals surface area contributed by atoms with E-state index in [-0.39, 0.29) is 0 Å². The van der Waals surface area contributed by atoms with Crippen molar-refractivity contribution in [3.05, 3.63) is 34.1 Å². The molecule has 0 fully saturated rings. The molecule has 1 aromatic rings. The largest absolute Gasteiger partial charge is 0.416 e. The van der Waals surface area contributed by atoms with Gasteiger partial charge in [-0.15, -0.1) is 0 Å². The van der Waals surface area contributed by atoms with E-state index in [4.69, 9.17) is 11.6 Å². The van der Waals surface area contributed by atoms with Crippen LogP contribution in [0.5, 0.6) is 0 Å². The van der Waals surface area contributed by atoms with Gasteiger partial charge in [-0.1, -0.05) is 34.2 Å². The lowest BCUT2D eigenvalue weighted by Crippen LogP contribution is -2.15. The van der Waals surface area contributed by atoms with Gasteiger partial charge < -0.3 is 0 Å². The maximum atomic E-state index is 13.6. The van der Waals surface area contributed by atoms with Crippen molar-refractivity contribution >= 4 is 40.0 Å². The Labute approximate surface area is 113 Å². The minimum Gasteiger partial charge on any atom is -0.298 e. The number of rotatable bonds is 2. The van der Waals surface area contributed by atoms with Crippen molar-refractivity contribution in [2.45, 2.75) is 17.0 Å². The van der Waals surface area contributed by atoms with Crippen LogP contribution in [0.15, 0.2) is 12.1 Å². The molecule has 0 amide bonds. The molecule has 1 rings (SSSR count). The molecular formula is C10H6ClF4IO. The molecular weight excluding hydrogens is 374 g/mol. The molecule has 0 saturated heterocycles. The fourth-order valence-electron chi connectivity index (χ4n) is 1.26. The zero-order chi connectivity index (χ0) is 13.4. The second kappa shape index (κ2) is 5.09. The second-order valence-electron chi connectivity index (χ2n) is 3.29. The first-order valence-electron chi connectivity index (χ1n) is 4.36. The summed E-state index contributed by atoms with van der Waals surface area (Å²) in [7, 11) is 0. The highest BCUT2D eigenvalue weighted by atomic mass is 127. The van der Waals surface area contributed by atoms with Gasteiger partial charge in [0.25, 0.3) is 0 Å². The fraction of sp³-hybridized carbons (Fsp3) is 0.300. The number of ketones is 1. The molecule has 0 bridgehead atoms. The number of hydrogen-bond donors (Lipinski definition) is 0. The lowest BCUT2D eigenvalue weighted by atomic mass is 10.0. The third-order valence-corrected chi connectivity index (χ3v) is 3.84. The van der Waals surface area contributed by atoms with Crippen LogP contribution < -0.4 is 0 Å². The van der Waals surface area contributed by atoms with Gasteiger partial charge in [-0.3, -0.25) is 4.79 Å². The van der Waals surface area contributed by atoms with Crippen molar-refractivity contribution in [2.75, 3.05) is 0 Å². The van der Waals surface area contributed by atoms with Gasteiger partial charge in [0.2, 0.25) is 0 Å². The molecule has 7 heteroatoms. The molecule has 17 heavy (non-hydrogen) atoms. The molecule has 1 nitrogen and oxygen atoms in total. The number of carbonyl (C=O) groups is 1. The molecule has 0 radical (unpaired) electrons. The van der Waals surface area contributed by atoms with Crippen LogP contribution in [0.1, 0.15) is 22.0 Å². The molecule has 0 heterocycles. The fourth-order valence-corrected chi connectivity index (χ4v) is 2.04. The second-order valence-corrected chi connectivity index (χ2v) is 4.95. The quantitative estimate of drug-likeness (QED) is 0.418. The first-order valence-corrected chi connectivity index (χ1v) is 5.98. The molecule has 0 aliphatic heterocycles. The normalized spacial score (nSPS) is 13.6. The summed E-state index contributed by atoms with van der Waals surface area (Å²) in [6.07, 6.45) is -4.72. The van der Waals surface area contributed by atoms with Gasteiger partial charge >= 0.3 is 6.18 Å². The third kappa shape index (κ3) is 3.09. The standard InChI is InChI=1S/C10H6ClF4IO/c1-4(17)9(16)7-5(10(13,14)15)2-3-6(11)8(7)12/h2-3,9H,1H3. The van der Waals surface area contributed by atoms with Crippen molar-refractivity contribution in [3.63, 3.8) is 0 Å². The van der Waals surface area contributed by atoms with E-state index in [9.17, 15) is 22.4 Å². The molecule has 1 aromatic carbocycles. The summed E-state index contributed by atoms with van der Waals surface area (Å²) in [5.41, 5.74) is -1.88. The van der Waals surface area contributed by atoms with E-state index < -0.39 is 37.9 Å². The van der Waals surface area contributed by atoms with Crippen molar-refractivity contribution in [2.24, 2.45) is 0 Å². The number of Topliss-reactive ketones (excluding diaryl/α,β-unsaturated/α-hetero) is 1. The lowest BCUT2D eigenvalue weighted by molar-refractivity contribution is -0.138. The molecule has 1 unspecified atom stereocenters. The van der Waals surface area contributed by atoms with Crippen molar-refractivity contribution in [3.8, 4) is 0 Å². The van der Waals surface area contributed by atoms with Crippen LogP contribution in [0, 0.1) is 5.82 Å². The lowest BCUT2D eigenvalue weighted by Gasteiger charge is -2.17. The van der Waals surface area contributed by atoms with Crippen molar-refractivity contribution < 1.29 is 22.4 Å². The molecule has 0 aliphatic carbocycles. The Morgan fingerprint density at radius 2 is 1.94 bits per heavy atom. The van der Waals surface area contributed by atoms with Gasteiger partial charge in [0.15, 0.2) is 0 Å². The number of benzene rings is 1. The smallest absolute Gasteiger partial charge is 0.298 e. The maximum absolute atomic E-state index is 13.6. The SMILES string of the molecule is CC(=O)C(I)c1c(C(F)(F)F)ccc(Cl)c1F. The summed E-state index contributed by atoms with van der Waals surface area (Å²) in [6, 6.07) is 1.50. The predicted molar refractivity (Wildman–Crippen MR) is 63.9 cm³/mol. The zero-order valence-corrected chi connectivity index (χ0v) is 11.3. The van der Waals surface area contributed by atoms with Crippen LogP contribution >= 0.6 is 34.2 Å². The highest BCUT2D eigenvalue weighted by molar-refractivity contribution is 14.1. The monoisotopic (exact) mass is 380 g/mol. The van der Waals surface area contributed by atoms with Crippen LogP contribution in [-0.4, -0.2) is 5.78 Å². The molecule has 0 N–H and O–H groups in total. The Balaban J connectivity index is 3.53. The van der Waals surface area contributed by atoms with Crippen LogP contribution in [0.3, 0.4) is 0 Å². The summed E-state index contributed by atoms with van der Waals surface area (Å²) in [4.78, 5) is 11.1. The molecule has 94 valence electrons. The molecule has 0 aromatic heterocycles. The van der Waals surface area contributed by atoms with Gasteiger partial charge in [0, 0.05) is 5.56 Å². The van der Waals surface area contributed by atoms with Crippen molar-refractivity contribution in [1.29, 1.82) is 0 Å². The van der Waals surface area contributed by atoms with E-state index in [1.165, 1.54) is 22.6 Å². The summed E-state index contributed by atoms with van der Waals surface area (Å²) in [6.45, 7) is 1.09. The van der Waals surface area contributed by atoms with E-state index in [1.54, 1.807) is 0 Å². The summed E-state index contributed by atoms with van der Waals surface area (Å²) in [5, 5.41) is -0.434. The van der Waals surface area contributed by atoms with Crippen LogP contribution in [0.25, 0.3) is 0 Å². The summed E-state index contributed by atoms with van der Waals surface area (Å²) in [5.74, 6) is -1.77. The number of carbonyl (C=O) groups excluding carboxylic acids is 1. The van der Waals surface area contributed by atoms with Crippen LogP contribution in [-0.2, 0) is 11.0 Å². The first kappa shape index (κ1) is 14.7. The molecule has 1 atom stereocenters. The van der Waals surface area contributed by atoms with Gasteiger partial charge in [-0.25, -0.2) is 4.39 Å². The van der Waals surface area contributed by atoms with E-state index in [2.05, 4.69) is 0 Å². The highest BCUT2D eigenvalue weighted by Crippen LogP contribution is 2.40. The summed E-state index contributed by atoms with van der Waals surface area (Å²) < 4.78 is 50.4. The topological polar surface area (TPSA) is 17.1 Å². The molecule has 0 spiro atoms. The Morgan fingerprint density at radius 3 is 2.35 bits per heavy atom. The number of halogens is 6. The van der Waals surface area contributed by atoms with E-state index in [0.717, 1.165) is 13.0 Å². The Kier molecular flexibility index (Phi) is 4.40. The average Bonchev–Trinajstić information content (AvgIpc) is 2.19. The van der Waals surface area contributed by atoms with Gasteiger partial charge in [0.05, 0.1) is 14.5 Å². The Bertz CT molecular complexity index is 458. The number of alkyl halides is 4. The Morgan fingerprint density at radius 1 is 1.41 bits per heavy atom. The van der Waals surface area contributed by atoms with Crippen molar-refractivity contribution in [1.82, 2.24) is 0 Å². The summed E-state index contributed by atoms with van der Waals surface area (Å²) >= 11 is 6.88. The highest BCUT2D eigenvalue weighted by Gasteiger charge is 2.38. The molecule has 0 saturated carbocycles. The first-order chi connectivity index (χ1) is 7.66. The van der Waals surface area contributed by atoms with Crippen LogP contribution in [0.2, 0.25) is 5.02 Å². The predicted octanol–water partition coefficient (Wildman–Crippen LogP) is 4.56. The zero-order valence-electron chi connectivity index (χ0n) is 8.41. The molecule has 0 aliphatic rings. The maximum Gasteiger partial charge on any atom is 0.416 e. The van der Waals surface area contributed by atoms with E-state index >= 15 is 0 Å². The van der Waals surface area contributed by atoms with Crippen LogP contribution in [0.4, 0.5) is 17.6 Å². The number of hydrogen-bond acceptors (Lipinski definition) is 1. The minimum atomic E-state index is -4.72. The van der Waals surface area contributed by atoms with Gasteiger partial charge in [0.1, 0.15) is 11.6 Å². The minimum absolute atomic E-state index is 0.434.